The van der Waals surface area contributed by atoms with Crippen LogP contribution in [-0.2, 0) is 17.4 Å². The average Bonchev–Trinajstić information content (AvgIpc) is 2.86. The number of carbonyl (C=O) groups is 1. The minimum Gasteiger partial charge on any atom is -0.368 e. The molecule has 0 aliphatic heterocycles. The van der Waals surface area contributed by atoms with Crippen molar-refractivity contribution in [2.75, 3.05) is 12.8 Å². The molecule has 0 aliphatic rings. The molecule has 1 aromatic heterocycles. The van der Waals surface area contributed by atoms with Gasteiger partial charge in [-0.25, -0.2) is 9.67 Å². The summed E-state index contributed by atoms with van der Waals surface area (Å²) in [5.74, 6) is 0.0240. The second-order valence-electron chi connectivity index (χ2n) is 4.34. The lowest BCUT2D eigenvalue weighted by Gasteiger charge is -2.30. The van der Waals surface area contributed by atoms with Crippen LogP contribution in [0.1, 0.15) is 5.56 Å². The Morgan fingerprint density at radius 2 is 2.15 bits per heavy atom. The Bertz CT molecular complexity index is 585. The quantitative estimate of drug-likeness (QED) is 0.757. The largest absolute Gasteiger partial charge is 0.368 e. The highest BCUT2D eigenvalue weighted by atomic mass is 32.2. The van der Waals surface area contributed by atoms with E-state index in [2.05, 4.69) is 15.4 Å². The van der Waals surface area contributed by atoms with Gasteiger partial charge in [-0.2, -0.15) is 5.10 Å². The van der Waals surface area contributed by atoms with Crippen LogP contribution >= 0.6 is 11.8 Å². The van der Waals surface area contributed by atoms with E-state index in [0.717, 1.165) is 10.7 Å². The first-order valence-electron chi connectivity index (χ1n) is 6.11. The lowest BCUT2D eigenvalue weighted by Crippen LogP contribution is -2.53. The van der Waals surface area contributed by atoms with Gasteiger partial charge in [-0.3, -0.25) is 4.79 Å². The minimum absolute atomic E-state index is 0.416. The number of nitrogens with two attached hydrogens (primary N) is 1. The Hall–Kier alpha value is -1.86. The molecule has 2 rings (SSSR count). The van der Waals surface area contributed by atoms with E-state index in [4.69, 9.17) is 5.73 Å². The van der Waals surface area contributed by atoms with Gasteiger partial charge in [-0.05, 0) is 12.6 Å². The summed E-state index contributed by atoms with van der Waals surface area (Å²) in [6.07, 6.45) is 1.48. The molecule has 1 atom stereocenters. The predicted molar refractivity (Wildman–Crippen MR) is 78.1 cm³/mol. The first-order valence-corrected chi connectivity index (χ1v) is 7.10. The number of hydrogen-bond acceptors (Lipinski definition) is 5. The summed E-state index contributed by atoms with van der Waals surface area (Å²) < 4.78 is 1.66. The van der Waals surface area contributed by atoms with E-state index in [0.29, 0.717) is 5.75 Å². The van der Waals surface area contributed by atoms with Crippen LogP contribution in [0.5, 0.6) is 0 Å². The van der Waals surface area contributed by atoms with Crippen LogP contribution in [0.4, 0.5) is 0 Å². The van der Waals surface area contributed by atoms with Gasteiger partial charge in [-0.1, -0.05) is 42.1 Å². The number of nitrogens with zero attached hydrogens (tertiary/aromatic N) is 3. The molecule has 0 fully saturated rings. The van der Waals surface area contributed by atoms with Crippen molar-refractivity contribution in [3.8, 4) is 0 Å². The molecule has 3 N–H and O–H groups in total. The van der Waals surface area contributed by atoms with E-state index in [1.807, 2.05) is 37.4 Å². The molecular weight excluding hydrogens is 274 g/mol. The molecule has 0 radical (unpaired) electrons. The Balaban J connectivity index is 2.29. The monoisotopic (exact) mass is 291 g/mol. The highest BCUT2D eigenvalue weighted by molar-refractivity contribution is 7.99. The van der Waals surface area contributed by atoms with Crippen LogP contribution in [0, 0.1) is 0 Å². The van der Waals surface area contributed by atoms with Gasteiger partial charge in [-0.15, -0.1) is 0 Å². The smallest absolute Gasteiger partial charge is 0.243 e. The summed E-state index contributed by atoms with van der Waals surface area (Å²) in [5, 5.41) is 7.81. The number of thioether (sulfide) groups is 1. The maximum absolute atomic E-state index is 12.0. The molecule has 6 nitrogen and oxygen atoms in total. The van der Waals surface area contributed by atoms with Crippen molar-refractivity contribution in [2.24, 2.45) is 12.8 Å². The summed E-state index contributed by atoms with van der Waals surface area (Å²) in [6, 6.07) is 9.45. The third-order valence-electron chi connectivity index (χ3n) is 3.20. The van der Waals surface area contributed by atoms with Gasteiger partial charge >= 0.3 is 0 Å². The molecule has 1 aromatic carbocycles. The van der Waals surface area contributed by atoms with Crippen LogP contribution in [-0.4, -0.2) is 33.5 Å². The molecule has 0 spiro atoms. The van der Waals surface area contributed by atoms with Crippen LogP contribution in [0.3, 0.4) is 0 Å². The van der Waals surface area contributed by atoms with E-state index in [9.17, 15) is 4.79 Å². The first kappa shape index (κ1) is 14.5. The number of amides is 1. The number of aryl methyl sites for hydroxylation is 1. The van der Waals surface area contributed by atoms with E-state index >= 15 is 0 Å². The highest BCUT2D eigenvalue weighted by Gasteiger charge is 2.37. The fraction of sp³-hybridized carbons (Fsp3) is 0.308. The zero-order valence-electron chi connectivity index (χ0n) is 11.4. The van der Waals surface area contributed by atoms with Gasteiger partial charge in [0, 0.05) is 12.8 Å². The maximum atomic E-state index is 12.0. The number of aromatic nitrogens is 3. The molecule has 20 heavy (non-hydrogen) atoms. The van der Waals surface area contributed by atoms with Crippen molar-refractivity contribution in [1.82, 2.24) is 20.1 Å². The maximum Gasteiger partial charge on any atom is 0.243 e. The third kappa shape index (κ3) is 2.68. The standard InChI is InChI=1S/C13H17N5OS/c1-15-13(11(14)19,10-6-4-3-5-7-10)8-20-12-16-9-17-18(12)2/h3-7,9,15H,8H2,1-2H3,(H2,14,19). The molecule has 0 saturated heterocycles. The molecule has 1 heterocycles. The molecule has 0 saturated carbocycles. The van der Waals surface area contributed by atoms with Gasteiger partial charge in [0.05, 0.1) is 0 Å². The Kier molecular flexibility index (Phi) is 4.41. The third-order valence-corrected chi connectivity index (χ3v) is 4.41. The number of nitrogens with one attached hydrogen (secondary N) is 1. The summed E-state index contributed by atoms with van der Waals surface area (Å²) in [7, 11) is 3.54. The molecule has 1 unspecified atom stereocenters. The number of primary amides is 1. The number of benzene rings is 1. The van der Waals surface area contributed by atoms with E-state index in [-0.39, 0.29) is 0 Å². The van der Waals surface area contributed by atoms with E-state index in [1.54, 1.807) is 11.7 Å². The average molecular weight is 291 g/mol. The minimum atomic E-state index is -0.933. The van der Waals surface area contributed by atoms with Gasteiger partial charge < -0.3 is 11.1 Å². The predicted octanol–water partition coefficient (Wildman–Crippen LogP) is 0.507. The number of likely N-dealkylation sites (N-methyl/N-ethyl adjacent to an activating group) is 1. The Morgan fingerprint density at radius 1 is 1.45 bits per heavy atom. The molecule has 1 amide bonds. The van der Waals surface area contributed by atoms with Gasteiger partial charge in [0.25, 0.3) is 0 Å². The second kappa shape index (κ2) is 6.06. The highest BCUT2D eigenvalue weighted by Crippen LogP contribution is 2.28. The van der Waals surface area contributed by atoms with E-state index < -0.39 is 11.4 Å². The fourth-order valence-electron chi connectivity index (χ4n) is 1.95. The van der Waals surface area contributed by atoms with Crippen molar-refractivity contribution in [1.29, 1.82) is 0 Å². The Labute approximate surface area is 121 Å². The summed E-state index contributed by atoms with van der Waals surface area (Å²) in [6.45, 7) is 0. The second-order valence-corrected chi connectivity index (χ2v) is 5.28. The fourth-order valence-corrected chi connectivity index (χ4v) is 3.10. The van der Waals surface area contributed by atoms with Crippen LogP contribution in [0.2, 0.25) is 0 Å². The SMILES string of the molecule is CNC(CSc1ncnn1C)(C(N)=O)c1ccccc1. The van der Waals surface area contributed by atoms with Crippen molar-refractivity contribution in [3.05, 3.63) is 42.2 Å². The summed E-state index contributed by atoms with van der Waals surface area (Å²) in [5.41, 5.74) is 5.54. The number of rotatable bonds is 6. The summed E-state index contributed by atoms with van der Waals surface area (Å²) in [4.78, 5) is 16.1. The molecule has 7 heteroatoms. The topological polar surface area (TPSA) is 85.8 Å². The molecule has 2 aromatic rings. The van der Waals surface area contributed by atoms with Crippen molar-refractivity contribution < 1.29 is 4.79 Å². The summed E-state index contributed by atoms with van der Waals surface area (Å²) >= 11 is 1.43. The van der Waals surface area contributed by atoms with Crippen LogP contribution in [0.15, 0.2) is 41.8 Å². The normalized spacial score (nSPS) is 13.9. The van der Waals surface area contributed by atoms with Crippen LogP contribution < -0.4 is 11.1 Å². The molecule has 0 bridgehead atoms. The lowest BCUT2D eigenvalue weighted by molar-refractivity contribution is -0.123. The van der Waals surface area contributed by atoms with Crippen LogP contribution in [0.25, 0.3) is 0 Å². The molecule has 0 aliphatic carbocycles. The lowest BCUT2D eigenvalue weighted by atomic mass is 9.91. The van der Waals surface area contributed by atoms with Gasteiger partial charge in [0.1, 0.15) is 11.9 Å². The zero-order chi connectivity index (χ0) is 14.6. The molecular formula is C13H17N5OS. The van der Waals surface area contributed by atoms with Crippen molar-refractivity contribution in [2.45, 2.75) is 10.7 Å². The number of carbonyl (C=O) groups excluding carboxylic acids is 1. The Morgan fingerprint density at radius 3 is 2.65 bits per heavy atom. The van der Waals surface area contributed by atoms with Crippen molar-refractivity contribution >= 4 is 17.7 Å². The van der Waals surface area contributed by atoms with E-state index in [1.165, 1.54) is 18.1 Å². The number of hydrogen-bond donors (Lipinski definition) is 2. The van der Waals surface area contributed by atoms with Gasteiger partial charge in [0.15, 0.2) is 5.16 Å². The molecule has 106 valence electrons. The van der Waals surface area contributed by atoms with Crippen molar-refractivity contribution in [3.63, 3.8) is 0 Å². The van der Waals surface area contributed by atoms with Gasteiger partial charge in [0.2, 0.25) is 5.91 Å². The first-order chi connectivity index (χ1) is 9.60. The zero-order valence-corrected chi connectivity index (χ0v) is 12.2.